The number of carbonyl (C=O) groups excluding carboxylic acids is 2. The molecule has 7 nitrogen and oxygen atoms in total. The monoisotopic (exact) mass is 459 g/mol. The molecule has 0 atom stereocenters. The van der Waals surface area contributed by atoms with Gasteiger partial charge in [0.05, 0.1) is 13.1 Å². The van der Waals surface area contributed by atoms with Gasteiger partial charge in [0.15, 0.2) is 5.96 Å². The zero-order chi connectivity index (χ0) is 17.5. The van der Waals surface area contributed by atoms with E-state index in [4.69, 9.17) is 5.73 Å². The molecule has 0 saturated carbocycles. The molecule has 0 radical (unpaired) electrons. The van der Waals surface area contributed by atoms with Gasteiger partial charge < -0.3 is 20.9 Å². The van der Waals surface area contributed by atoms with E-state index in [1.54, 1.807) is 17.0 Å². The number of nitrogens with two attached hydrogens (primary N) is 1. The number of amides is 2. The molecule has 138 valence electrons. The minimum absolute atomic E-state index is 0. The lowest BCUT2D eigenvalue weighted by Gasteiger charge is -2.26. The van der Waals surface area contributed by atoms with Crippen molar-refractivity contribution >= 4 is 41.8 Å². The predicted octanol–water partition coefficient (Wildman–Crippen LogP) is 1.03. The molecule has 25 heavy (non-hydrogen) atoms. The number of hydrogen-bond acceptors (Lipinski definition) is 3. The smallest absolute Gasteiger partial charge is 0.254 e. The first-order valence-corrected chi connectivity index (χ1v) is 8.25. The van der Waals surface area contributed by atoms with E-state index in [0.29, 0.717) is 31.2 Å². The summed E-state index contributed by atoms with van der Waals surface area (Å²) in [6, 6.07) is 7.28. The van der Waals surface area contributed by atoms with E-state index in [9.17, 15) is 9.59 Å². The van der Waals surface area contributed by atoms with Gasteiger partial charge in [-0.3, -0.25) is 9.59 Å². The fourth-order valence-electron chi connectivity index (χ4n) is 2.57. The van der Waals surface area contributed by atoms with Gasteiger partial charge in [0, 0.05) is 31.7 Å². The summed E-state index contributed by atoms with van der Waals surface area (Å²) < 4.78 is 0. The maximum atomic E-state index is 12.4. The molecule has 1 aromatic rings. The molecule has 1 heterocycles. The molecule has 3 N–H and O–H groups in total. The van der Waals surface area contributed by atoms with Crippen molar-refractivity contribution in [3.8, 4) is 0 Å². The van der Waals surface area contributed by atoms with Crippen LogP contribution in [0.4, 0.5) is 0 Å². The van der Waals surface area contributed by atoms with Gasteiger partial charge in [0.2, 0.25) is 5.91 Å². The highest BCUT2D eigenvalue weighted by atomic mass is 127. The maximum absolute atomic E-state index is 12.4. The van der Waals surface area contributed by atoms with Gasteiger partial charge in [-0.05, 0) is 31.5 Å². The lowest BCUT2D eigenvalue weighted by atomic mass is 10.1. The van der Waals surface area contributed by atoms with Gasteiger partial charge in [0.1, 0.15) is 0 Å². The van der Waals surface area contributed by atoms with Crippen molar-refractivity contribution in [3.63, 3.8) is 0 Å². The largest absolute Gasteiger partial charge is 0.370 e. The Labute approximate surface area is 165 Å². The summed E-state index contributed by atoms with van der Waals surface area (Å²) in [4.78, 5) is 31.7. The highest BCUT2D eigenvalue weighted by Gasteiger charge is 2.21. The number of guanidine groups is 1. The fourth-order valence-corrected chi connectivity index (χ4v) is 2.57. The van der Waals surface area contributed by atoms with E-state index in [-0.39, 0.29) is 42.3 Å². The van der Waals surface area contributed by atoms with Crippen LogP contribution in [0, 0.1) is 0 Å². The first-order valence-electron chi connectivity index (χ1n) is 8.25. The molecule has 0 aliphatic carbocycles. The Bertz CT molecular complexity index is 614. The average molecular weight is 459 g/mol. The molecule has 0 aromatic heterocycles. The van der Waals surface area contributed by atoms with Gasteiger partial charge in [-0.25, -0.2) is 4.99 Å². The molecule has 1 saturated heterocycles. The lowest BCUT2D eigenvalue weighted by Crippen LogP contribution is -2.49. The first kappa shape index (κ1) is 21.2. The lowest BCUT2D eigenvalue weighted by molar-refractivity contribution is -0.123. The van der Waals surface area contributed by atoms with Gasteiger partial charge in [-0.1, -0.05) is 12.1 Å². The summed E-state index contributed by atoms with van der Waals surface area (Å²) in [6.07, 6.45) is 0. The van der Waals surface area contributed by atoms with Gasteiger partial charge >= 0.3 is 0 Å². The zero-order valence-corrected chi connectivity index (χ0v) is 17.0. The Morgan fingerprint density at radius 2 is 1.92 bits per heavy atom. The minimum Gasteiger partial charge on any atom is -0.370 e. The second-order valence-corrected chi connectivity index (χ2v) is 5.62. The number of benzene rings is 1. The van der Waals surface area contributed by atoms with Crippen molar-refractivity contribution in [1.29, 1.82) is 0 Å². The number of aliphatic imine (C=N–C) groups is 1. The van der Waals surface area contributed by atoms with Crippen LogP contribution in [0.5, 0.6) is 0 Å². The van der Waals surface area contributed by atoms with Crippen LogP contribution in [-0.2, 0) is 11.3 Å². The van der Waals surface area contributed by atoms with E-state index in [1.807, 2.05) is 30.9 Å². The topological polar surface area (TPSA) is 91.0 Å². The fraction of sp³-hybridized carbons (Fsp3) is 0.471. The average Bonchev–Trinajstić information content (AvgIpc) is 2.61. The third-order valence-electron chi connectivity index (χ3n) is 4.04. The highest BCUT2D eigenvalue weighted by molar-refractivity contribution is 14.0. The van der Waals surface area contributed by atoms with Crippen LogP contribution in [0.2, 0.25) is 0 Å². The van der Waals surface area contributed by atoms with Crippen molar-refractivity contribution in [1.82, 2.24) is 15.1 Å². The van der Waals surface area contributed by atoms with E-state index in [0.717, 1.165) is 18.7 Å². The van der Waals surface area contributed by atoms with Crippen LogP contribution in [0.1, 0.15) is 29.8 Å². The van der Waals surface area contributed by atoms with Crippen LogP contribution in [0.3, 0.4) is 0 Å². The van der Waals surface area contributed by atoms with Gasteiger partial charge in [0.25, 0.3) is 5.91 Å². The Morgan fingerprint density at radius 3 is 2.48 bits per heavy atom. The molecule has 1 aliphatic rings. The van der Waals surface area contributed by atoms with Crippen LogP contribution in [0.15, 0.2) is 29.3 Å². The zero-order valence-electron chi connectivity index (χ0n) is 14.7. The molecule has 8 heteroatoms. The molecule has 1 aliphatic heterocycles. The Hall–Kier alpha value is -1.84. The van der Waals surface area contributed by atoms with Crippen LogP contribution < -0.4 is 11.1 Å². The summed E-state index contributed by atoms with van der Waals surface area (Å²) in [6.45, 7) is 7.35. The molecule has 0 unspecified atom stereocenters. The molecule has 1 fully saturated rings. The standard InChI is InChI=1S/C17H25N5O2.HI/c1-3-21(4-2)17(18)20-11-13-5-7-14(8-6-13)16(24)22-10-9-19-15(23)12-22;/h5-8H,3-4,9-12H2,1-2H3,(H2,18,20)(H,19,23);1H. The summed E-state index contributed by atoms with van der Waals surface area (Å²) in [5, 5.41) is 2.71. The molecular weight excluding hydrogens is 433 g/mol. The highest BCUT2D eigenvalue weighted by Crippen LogP contribution is 2.10. The Morgan fingerprint density at radius 1 is 1.28 bits per heavy atom. The molecule has 2 rings (SSSR count). The number of rotatable bonds is 5. The number of nitrogens with zero attached hydrogens (tertiary/aromatic N) is 3. The SMILES string of the molecule is CCN(CC)C(N)=NCc1ccc(C(=O)N2CCNC(=O)C2)cc1.I. The van der Waals surface area contributed by atoms with Crippen LogP contribution in [-0.4, -0.2) is 60.3 Å². The second kappa shape index (κ2) is 10.2. The predicted molar refractivity (Wildman–Crippen MR) is 109 cm³/mol. The normalized spacial score (nSPS) is 14.6. The minimum atomic E-state index is -0.123. The number of nitrogens with one attached hydrogen (secondary N) is 1. The molecule has 0 bridgehead atoms. The number of piperazine rings is 1. The second-order valence-electron chi connectivity index (χ2n) is 5.62. The first-order chi connectivity index (χ1) is 11.5. The van der Waals surface area contributed by atoms with Crippen molar-refractivity contribution in [2.75, 3.05) is 32.7 Å². The van der Waals surface area contributed by atoms with Crippen LogP contribution in [0.25, 0.3) is 0 Å². The third kappa shape index (κ3) is 5.87. The number of carbonyl (C=O) groups is 2. The van der Waals surface area contributed by atoms with Gasteiger partial charge in [-0.15, -0.1) is 24.0 Å². The van der Waals surface area contributed by atoms with E-state index in [1.165, 1.54) is 0 Å². The van der Waals surface area contributed by atoms with Crippen molar-refractivity contribution < 1.29 is 9.59 Å². The quantitative estimate of drug-likeness (QED) is 0.391. The van der Waals surface area contributed by atoms with E-state index >= 15 is 0 Å². The third-order valence-corrected chi connectivity index (χ3v) is 4.04. The summed E-state index contributed by atoms with van der Waals surface area (Å²) in [5.74, 6) is 0.287. The molecular formula is C17H26IN5O2. The Balaban J connectivity index is 0.00000312. The van der Waals surface area contributed by atoms with Crippen molar-refractivity contribution in [3.05, 3.63) is 35.4 Å². The summed E-state index contributed by atoms with van der Waals surface area (Å²) in [7, 11) is 0. The Kier molecular flexibility index (Phi) is 8.67. The van der Waals surface area contributed by atoms with Crippen molar-refractivity contribution in [2.45, 2.75) is 20.4 Å². The summed E-state index contributed by atoms with van der Waals surface area (Å²) in [5.41, 5.74) is 7.51. The molecule has 1 aromatic carbocycles. The van der Waals surface area contributed by atoms with Gasteiger partial charge in [-0.2, -0.15) is 0 Å². The van der Waals surface area contributed by atoms with E-state index in [2.05, 4.69) is 10.3 Å². The van der Waals surface area contributed by atoms with Crippen molar-refractivity contribution in [2.24, 2.45) is 10.7 Å². The number of hydrogen-bond donors (Lipinski definition) is 2. The van der Waals surface area contributed by atoms with Crippen LogP contribution >= 0.6 is 24.0 Å². The molecule has 0 spiro atoms. The maximum Gasteiger partial charge on any atom is 0.254 e. The molecule has 2 amide bonds. The summed E-state index contributed by atoms with van der Waals surface area (Å²) >= 11 is 0. The van der Waals surface area contributed by atoms with E-state index < -0.39 is 0 Å². The number of halogens is 1.